The van der Waals surface area contributed by atoms with E-state index in [9.17, 15) is 13.6 Å². The minimum Gasteiger partial charge on any atom is -0.293 e. The monoisotopic (exact) mass is 306 g/mol. The minimum absolute atomic E-state index is 0.195. The molecule has 0 saturated carbocycles. The third kappa shape index (κ3) is 4.14. The molecule has 0 N–H and O–H groups in total. The van der Waals surface area contributed by atoms with Crippen molar-refractivity contribution in [2.45, 2.75) is 24.7 Å². The number of thioether (sulfide) groups is 1. The van der Waals surface area contributed by atoms with Crippen LogP contribution in [0.1, 0.15) is 35.7 Å². The maximum atomic E-state index is 13.1. The van der Waals surface area contributed by atoms with Gasteiger partial charge < -0.3 is 0 Å². The van der Waals surface area contributed by atoms with Gasteiger partial charge in [0.1, 0.15) is 0 Å². The lowest BCUT2D eigenvalue weighted by Gasteiger charge is -2.06. The zero-order valence-electron chi connectivity index (χ0n) is 11.9. The second kappa shape index (κ2) is 6.85. The fraction of sp³-hybridized carbons (Fsp3) is 0.235. The summed E-state index contributed by atoms with van der Waals surface area (Å²) in [6.45, 7) is 4.24. The van der Waals surface area contributed by atoms with Crippen LogP contribution in [0.25, 0.3) is 0 Å². The van der Waals surface area contributed by atoms with Crippen LogP contribution in [0.3, 0.4) is 0 Å². The lowest BCUT2D eigenvalue weighted by atomic mass is 10.0. The standard InChI is InChI=1S/C17H16F2OS/c1-11(2)12-3-6-14(7-4-12)21-10-17(20)13-5-8-15(18)16(19)9-13/h3-9,11H,10H2,1-2H3. The van der Waals surface area contributed by atoms with E-state index in [0.717, 1.165) is 17.0 Å². The molecule has 1 nitrogen and oxygen atoms in total. The molecule has 0 spiro atoms. The van der Waals surface area contributed by atoms with Gasteiger partial charge in [-0.15, -0.1) is 11.8 Å². The van der Waals surface area contributed by atoms with E-state index in [-0.39, 0.29) is 17.1 Å². The predicted octanol–water partition coefficient (Wildman–Crippen LogP) is 5.06. The number of carbonyl (C=O) groups excluding carboxylic acids is 1. The fourth-order valence-electron chi connectivity index (χ4n) is 1.85. The zero-order chi connectivity index (χ0) is 15.4. The first kappa shape index (κ1) is 15.7. The topological polar surface area (TPSA) is 17.1 Å². The Bertz CT molecular complexity index is 636. The van der Waals surface area contributed by atoms with E-state index in [1.807, 2.05) is 24.3 Å². The molecule has 2 rings (SSSR count). The van der Waals surface area contributed by atoms with Gasteiger partial charge >= 0.3 is 0 Å². The zero-order valence-corrected chi connectivity index (χ0v) is 12.7. The quantitative estimate of drug-likeness (QED) is 0.567. The van der Waals surface area contributed by atoms with E-state index in [1.165, 1.54) is 23.4 Å². The number of carbonyl (C=O) groups is 1. The summed E-state index contributed by atoms with van der Waals surface area (Å²) >= 11 is 1.39. The van der Waals surface area contributed by atoms with Gasteiger partial charge in [-0.3, -0.25) is 4.79 Å². The normalized spacial score (nSPS) is 10.9. The van der Waals surface area contributed by atoms with Crippen LogP contribution in [0.2, 0.25) is 0 Å². The fourth-order valence-corrected chi connectivity index (χ4v) is 2.64. The summed E-state index contributed by atoms with van der Waals surface area (Å²) < 4.78 is 25.9. The van der Waals surface area contributed by atoms with Crippen LogP contribution in [-0.4, -0.2) is 11.5 Å². The van der Waals surface area contributed by atoms with Crippen LogP contribution < -0.4 is 0 Å². The number of benzene rings is 2. The Morgan fingerprint density at radius 2 is 1.71 bits per heavy atom. The van der Waals surface area contributed by atoms with Gasteiger partial charge in [0, 0.05) is 10.5 Å². The van der Waals surface area contributed by atoms with Crippen molar-refractivity contribution in [3.8, 4) is 0 Å². The van der Waals surface area contributed by atoms with Crippen LogP contribution in [-0.2, 0) is 0 Å². The molecule has 2 aromatic rings. The highest BCUT2D eigenvalue weighted by Gasteiger charge is 2.10. The average molecular weight is 306 g/mol. The smallest absolute Gasteiger partial charge is 0.173 e. The highest BCUT2D eigenvalue weighted by Crippen LogP contribution is 2.23. The van der Waals surface area contributed by atoms with Gasteiger partial charge in [-0.25, -0.2) is 8.78 Å². The molecule has 0 aliphatic carbocycles. The van der Waals surface area contributed by atoms with Gasteiger partial charge in [0.05, 0.1) is 5.75 Å². The largest absolute Gasteiger partial charge is 0.293 e. The molecule has 21 heavy (non-hydrogen) atoms. The van der Waals surface area contributed by atoms with Crippen molar-refractivity contribution >= 4 is 17.5 Å². The first-order valence-corrected chi connectivity index (χ1v) is 7.67. The maximum absolute atomic E-state index is 13.1. The van der Waals surface area contributed by atoms with Crippen molar-refractivity contribution in [1.82, 2.24) is 0 Å². The third-order valence-corrected chi connectivity index (χ3v) is 4.17. The highest BCUT2D eigenvalue weighted by molar-refractivity contribution is 8.00. The van der Waals surface area contributed by atoms with Crippen LogP contribution in [0.15, 0.2) is 47.4 Å². The van der Waals surface area contributed by atoms with Gasteiger partial charge in [-0.2, -0.15) is 0 Å². The molecule has 0 saturated heterocycles. The highest BCUT2D eigenvalue weighted by atomic mass is 32.2. The summed E-state index contributed by atoms with van der Waals surface area (Å²) in [5, 5.41) is 0. The number of hydrogen-bond acceptors (Lipinski definition) is 2. The Balaban J connectivity index is 1.98. The van der Waals surface area contributed by atoms with Gasteiger partial charge in [0.15, 0.2) is 17.4 Å². The van der Waals surface area contributed by atoms with Crippen LogP contribution >= 0.6 is 11.8 Å². The van der Waals surface area contributed by atoms with Gasteiger partial charge in [-0.05, 0) is 41.8 Å². The summed E-state index contributed by atoms with van der Waals surface area (Å²) in [5.74, 6) is -1.48. The lowest BCUT2D eigenvalue weighted by molar-refractivity contribution is 0.102. The minimum atomic E-state index is -0.993. The van der Waals surface area contributed by atoms with Crippen molar-refractivity contribution in [2.75, 3.05) is 5.75 Å². The molecule has 4 heteroatoms. The Morgan fingerprint density at radius 3 is 2.29 bits per heavy atom. The molecule has 0 amide bonds. The van der Waals surface area contributed by atoms with Crippen molar-refractivity contribution in [1.29, 1.82) is 0 Å². The van der Waals surface area contributed by atoms with Crippen molar-refractivity contribution in [3.63, 3.8) is 0 Å². The molecule has 0 aromatic heterocycles. The number of Topliss-reactive ketones (excluding diaryl/α,β-unsaturated/α-hetero) is 1. The summed E-state index contributed by atoms with van der Waals surface area (Å²) in [4.78, 5) is 12.9. The molecule has 0 aliphatic rings. The Hall–Kier alpha value is -1.68. The molecule has 0 unspecified atom stereocenters. The number of ketones is 1. The van der Waals surface area contributed by atoms with E-state index >= 15 is 0 Å². The van der Waals surface area contributed by atoms with Crippen molar-refractivity contribution < 1.29 is 13.6 Å². The molecular formula is C17H16F2OS. The Kier molecular flexibility index (Phi) is 5.12. The molecule has 0 radical (unpaired) electrons. The van der Waals surface area contributed by atoms with Crippen molar-refractivity contribution in [2.24, 2.45) is 0 Å². The number of rotatable bonds is 5. The molecule has 110 valence electrons. The molecule has 0 aliphatic heterocycles. The van der Waals surface area contributed by atoms with E-state index in [4.69, 9.17) is 0 Å². The van der Waals surface area contributed by atoms with Gasteiger partial charge in [0.25, 0.3) is 0 Å². The summed E-state index contributed by atoms with van der Waals surface area (Å²) in [5.41, 5.74) is 1.44. The third-order valence-electron chi connectivity index (χ3n) is 3.16. The van der Waals surface area contributed by atoms with E-state index in [0.29, 0.717) is 5.92 Å². The van der Waals surface area contributed by atoms with E-state index < -0.39 is 11.6 Å². The number of hydrogen-bond donors (Lipinski definition) is 0. The van der Waals surface area contributed by atoms with Crippen LogP contribution in [0, 0.1) is 11.6 Å². The molecule has 0 atom stereocenters. The number of halogens is 2. The SMILES string of the molecule is CC(C)c1ccc(SCC(=O)c2ccc(F)c(F)c2)cc1. The second-order valence-electron chi connectivity index (χ2n) is 5.06. The first-order chi connectivity index (χ1) is 9.97. The van der Waals surface area contributed by atoms with Crippen LogP contribution in [0.4, 0.5) is 8.78 Å². The van der Waals surface area contributed by atoms with Crippen LogP contribution in [0.5, 0.6) is 0 Å². The Morgan fingerprint density at radius 1 is 1.05 bits per heavy atom. The maximum Gasteiger partial charge on any atom is 0.173 e. The molecular weight excluding hydrogens is 290 g/mol. The van der Waals surface area contributed by atoms with E-state index in [1.54, 1.807) is 0 Å². The summed E-state index contributed by atoms with van der Waals surface area (Å²) in [7, 11) is 0. The van der Waals surface area contributed by atoms with Gasteiger partial charge in [-0.1, -0.05) is 26.0 Å². The predicted molar refractivity (Wildman–Crippen MR) is 81.9 cm³/mol. The Labute approximate surface area is 127 Å². The second-order valence-corrected chi connectivity index (χ2v) is 6.11. The molecule has 0 bridgehead atoms. The first-order valence-electron chi connectivity index (χ1n) is 6.68. The lowest BCUT2D eigenvalue weighted by Crippen LogP contribution is -2.03. The summed E-state index contributed by atoms with van der Waals surface area (Å²) in [6, 6.07) is 11.2. The molecule has 2 aromatic carbocycles. The average Bonchev–Trinajstić information content (AvgIpc) is 2.48. The summed E-state index contributed by atoms with van der Waals surface area (Å²) in [6.07, 6.45) is 0. The molecule has 0 heterocycles. The van der Waals surface area contributed by atoms with Gasteiger partial charge in [0.2, 0.25) is 0 Å². The molecule has 0 fully saturated rings. The van der Waals surface area contributed by atoms with Crippen molar-refractivity contribution in [3.05, 3.63) is 65.2 Å². The van der Waals surface area contributed by atoms with E-state index in [2.05, 4.69) is 13.8 Å².